The van der Waals surface area contributed by atoms with Gasteiger partial charge in [0.15, 0.2) is 0 Å². The van der Waals surface area contributed by atoms with Gasteiger partial charge in [0.25, 0.3) is 0 Å². The maximum atomic E-state index is 12.4. The van der Waals surface area contributed by atoms with E-state index in [0.29, 0.717) is 18.0 Å². The van der Waals surface area contributed by atoms with E-state index in [1.54, 1.807) is 28.6 Å². The second-order valence-electron chi connectivity index (χ2n) is 5.43. The Balaban J connectivity index is 1.86. The molecule has 0 heterocycles. The topological polar surface area (TPSA) is 72.6 Å². The smallest absolute Gasteiger partial charge is 0.217 e. The van der Waals surface area contributed by atoms with E-state index in [0.717, 1.165) is 25.7 Å². The van der Waals surface area contributed by atoms with Crippen molar-refractivity contribution in [2.75, 3.05) is 24.6 Å². The molecule has 21 heavy (non-hydrogen) atoms. The SMILES string of the molecule is CCCCN(C1CC1)S(=O)(=O)CCOc1ccc(N)cc1. The minimum atomic E-state index is -3.23. The number of benzene rings is 1. The molecule has 6 heteroatoms. The van der Waals surface area contributed by atoms with Crippen LogP contribution in [-0.4, -0.2) is 37.7 Å². The van der Waals surface area contributed by atoms with Crippen molar-refractivity contribution in [1.82, 2.24) is 4.31 Å². The fourth-order valence-electron chi connectivity index (χ4n) is 2.17. The van der Waals surface area contributed by atoms with Gasteiger partial charge in [-0.25, -0.2) is 8.42 Å². The van der Waals surface area contributed by atoms with E-state index in [9.17, 15) is 8.42 Å². The summed E-state index contributed by atoms with van der Waals surface area (Å²) in [6.45, 7) is 2.87. The van der Waals surface area contributed by atoms with Crippen molar-refractivity contribution in [2.24, 2.45) is 0 Å². The van der Waals surface area contributed by atoms with Gasteiger partial charge < -0.3 is 10.5 Å². The number of hydrogen-bond acceptors (Lipinski definition) is 4. The quantitative estimate of drug-likeness (QED) is 0.710. The van der Waals surface area contributed by atoms with Crippen LogP contribution in [-0.2, 0) is 10.0 Å². The molecule has 1 aromatic rings. The maximum Gasteiger partial charge on any atom is 0.217 e. The molecule has 0 unspecified atom stereocenters. The molecule has 1 saturated carbocycles. The molecule has 0 spiro atoms. The van der Waals surface area contributed by atoms with Gasteiger partial charge in [0.1, 0.15) is 12.4 Å². The summed E-state index contributed by atoms with van der Waals surface area (Å²) in [6, 6.07) is 7.19. The minimum Gasteiger partial charge on any atom is -0.492 e. The Morgan fingerprint density at radius 1 is 1.29 bits per heavy atom. The first kappa shape index (κ1) is 16.1. The summed E-state index contributed by atoms with van der Waals surface area (Å²) in [5.41, 5.74) is 6.25. The summed E-state index contributed by atoms with van der Waals surface area (Å²) in [7, 11) is -3.23. The molecule has 1 aliphatic carbocycles. The first-order valence-electron chi connectivity index (χ1n) is 7.51. The van der Waals surface area contributed by atoms with Gasteiger partial charge >= 0.3 is 0 Å². The number of rotatable bonds is 9. The Morgan fingerprint density at radius 3 is 2.52 bits per heavy atom. The number of sulfonamides is 1. The Labute approximate surface area is 127 Å². The molecule has 0 atom stereocenters. The maximum absolute atomic E-state index is 12.4. The van der Waals surface area contributed by atoms with Crippen LogP contribution >= 0.6 is 0 Å². The number of nitrogen functional groups attached to an aromatic ring is 1. The Morgan fingerprint density at radius 2 is 1.95 bits per heavy atom. The van der Waals surface area contributed by atoms with E-state index in [-0.39, 0.29) is 18.4 Å². The highest BCUT2D eigenvalue weighted by Gasteiger charge is 2.36. The second kappa shape index (κ2) is 7.13. The van der Waals surface area contributed by atoms with Gasteiger partial charge in [-0.1, -0.05) is 13.3 Å². The highest BCUT2D eigenvalue weighted by molar-refractivity contribution is 7.89. The largest absolute Gasteiger partial charge is 0.492 e. The van der Waals surface area contributed by atoms with Crippen LogP contribution in [0.3, 0.4) is 0 Å². The molecule has 0 bridgehead atoms. The molecule has 0 radical (unpaired) electrons. The third-order valence-electron chi connectivity index (χ3n) is 3.53. The lowest BCUT2D eigenvalue weighted by Crippen LogP contribution is -2.37. The molecule has 2 N–H and O–H groups in total. The minimum absolute atomic E-state index is 0.0254. The van der Waals surface area contributed by atoms with E-state index in [1.807, 2.05) is 0 Å². The van der Waals surface area contributed by atoms with Crippen LogP contribution in [0.4, 0.5) is 5.69 Å². The highest BCUT2D eigenvalue weighted by Crippen LogP contribution is 2.29. The second-order valence-corrected chi connectivity index (χ2v) is 7.47. The predicted octanol–water partition coefficient (Wildman–Crippen LogP) is 2.24. The van der Waals surface area contributed by atoms with Gasteiger partial charge in [0.05, 0.1) is 5.75 Å². The number of anilines is 1. The molecule has 1 aliphatic rings. The zero-order valence-electron chi connectivity index (χ0n) is 12.5. The van der Waals surface area contributed by atoms with Crippen molar-refractivity contribution < 1.29 is 13.2 Å². The van der Waals surface area contributed by atoms with Crippen LogP contribution in [0, 0.1) is 0 Å². The Hall–Kier alpha value is -1.27. The van der Waals surface area contributed by atoms with Crippen molar-refractivity contribution in [3.8, 4) is 5.75 Å². The fraction of sp³-hybridized carbons (Fsp3) is 0.600. The molecule has 1 fully saturated rings. The van der Waals surface area contributed by atoms with Crippen molar-refractivity contribution in [1.29, 1.82) is 0 Å². The molecule has 2 rings (SSSR count). The zero-order valence-corrected chi connectivity index (χ0v) is 13.3. The van der Waals surface area contributed by atoms with Crippen molar-refractivity contribution in [3.63, 3.8) is 0 Å². The molecule has 5 nitrogen and oxygen atoms in total. The first-order chi connectivity index (χ1) is 10.0. The summed E-state index contributed by atoms with van der Waals surface area (Å²) in [5.74, 6) is 0.670. The summed E-state index contributed by atoms with van der Waals surface area (Å²) in [6.07, 6.45) is 3.89. The van der Waals surface area contributed by atoms with Crippen molar-refractivity contribution in [3.05, 3.63) is 24.3 Å². The van der Waals surface area contributed by atoms with Crippen molar-refractivity contribution >= 4 is 15.7 Å². The number of hydrogen-bond donors (Lipinski definition) is 1. The van der Waals surface area contributed by atoms with Crippen LogP contribution in [0.5, 0.6) is 5.75 Å². The average Bonchev–Trinajstić information content (AvgIpc) is 3.26. The van der Waals surface area contributed by atoms with E-state index >= 15 is 0 Å². The predicted molar refractivity (Wildman–Crippen MR) is 84.8 cm³/mol. The summed E-state index contributed by atoms with van der Waals surface area (Å²) < 4.78 is 31.9. The number of unbranched alkanes of at least 4 members (excludes halogenated alkanes) is 1. The molecule has 0 amide bonds. The van der Waals surface area contributed by atoms with Crippen LogP contribution in [0.15, 0.2) is 24.3 Å². The van der Waals surface area contributed by atoms with Gasteiger partial charge in [-0.3, -0.25) is 0 Å². The first-order valence-corrected chi connectivity index (χ1v) is 9.11. The van der Waals surface area contributed by atoms with Gasteiger partial charge in [-0.15, -0.1) is 0 Å². The molecule has 0 aromatic heterocycles. The van der Waals surface area contributed by atoms with E-state index < -0.39 is 10.0 Å². The molecule has 118 valence electrons. The fourth-order valence-corrected chi connectivity index (χ4v) is 3.77. The summed E-state index contributed by atoms with van der Waals surface area (Å²) in [5, 5.41) is 0. The van der Waals surface area contributed by atoms with Gasteiger partial charge in [0.2, 0.25) is 10.0 Å². The monoisotopic (exact) mass is 312 g/mol. The van der Waals surface area contributed by atoms with Gasteiger partial charge in [0, 0.05) is 18.3 Å². The molecule has 1 aromatic carbocycles. The van der Waals surface area contributed by atoms with Gasteiger partial charge in [-0.05, 0) is 43.5 Å². The Kier molecular flexibility index (Phi) is 5.47. The molecule has 0 aliphatic heterocycles. The lowest BCUT2D eigenvalue weighted by Gasteiger charge is -2.21. The molecular weight excluding hydrogens is 288 g/mol. The number of nitrogens with two attached hydrogens (primary N) is 1. The molecule has 0 saturated heterocycles. The lowest BCUT2D eigenvalue weighted by atomic mass is 10.3. The molecular formula is C15H24N2O3S. The number of nitrogens with zero attached hydrogens (tertiary/aromatic N) is 1. The zero-order chi connectivity index (χ0) is 15.3. The lowest BCUT2D eigenvalue weighted by molar-refractivity contribution is 0.332. The average molecular weight is 312 g/mol. The van der Waals surface area contributed by atoms with E-state index in [2.05, 4.69) is 6.92 Å². The van der Waals surface area contributed by atoms with E-state index in [1.165, 1.54) is 0 Å². The van der Waals surface area contributed by atoms with Crippen LogP contribution in [0.2, 0.25) is 0 Å². The highest BCUT2D eigenvalue weighted by atomic mass is 32.2. The Bertz CT molecular complexity index is 539. The third kappa shape index (κ3) is 4.89. The number of ether oxygens (including phenoxy) is 1. The van der Waals surface area contributed by atoms with Gasteiger partial charge in [-0.2, -0.15) is 4.31 Å². The summed E-state index contributed by atoms with van der Waals surface area (Å²) in [4.78, 5) is 0. The van der Waals surface area contributed by atoms with E-state index in [4.69, 9.17) is 10.5 Å². The third-order valence-corrected chi connectivity index (χ3v) is 5.41. The van der Waals surface area contributed by atoms with Crippen LogP contribution in [0.25, 0.3) is 0 Å². The van der Waals surface area contributed by atoms with Crippen molar-refractivity contribution in [2.45, 2.75) is 38.6 Å². The van der Waals surface area contributed by atoms with Crippen LogP contribution in [0.1, 0.15) is 32.6 Å². The standard InChI is InChI=1S/C15H24N2O3S/c1-2-3-10-17(14-6-7-14)21(18,19)12-11-20-15-8-4-13(16)5-9-15/h4-5,8-9,14H,2-3,6-7,10-12,16H2,1H3. The summed E-state index contributed by atoms with van der Waals surface area (Å²) >= 11 is 0. The normalized spacial score (nSPS) is 15.3. The van der Waals surface area contributed by atoms with Crippen LogP contribution < -0.4 is 10.5 Å².